The summed E-state index contributed by atoms with van der Waals surface area (Å²) in [5, 5.41) is 4.85. The maximum Gasteiger partial charge on any atom is 0.131 e. The van der Waals surface area contributed by atoms with E-state index >= 15 is 0 Å². The van der Waals surface area contributed by atoms with Gasteiger partial charge in [0.1, 0.15) is 5.82 Å². The summed E-state index contributed by atoms with van der Waals surface area (Å²) in [7, 11) is 1.90. The lowest BCUT2D eigenvalue weighted by molar-refractivity contribution is 0.114. The van der Waals surface area contributed by atoms with Gasteiger partial charge in [0.15, 0.2) is 0 Å². The number of fused-ring (bicyclic) bond motifs is 1. The average molecular weight is 261 g/mol. The molecule has 2 aromatic carbocycles. The fraction of sp³-hybridized carbons (Fsp3) is 0.375. The predicted octanol–water partition coefficient (Wildman–Crippen LogP) is 3.67. The van der Waals surface area contributed by atoms with Crippen molar-refractivity contribution in [3.8, 4) is 0 Å². The second-order valence-corrected chi connectivity index (χ2v) is 4.60. The molecule has 3 heteroatoms. The highest BCUT2D eigenvalue weighted by molar-refractivity contribution is 5.86. The Labute approximate surface area is 113 Å². The van der Waals surface area contributed by atoms with Crippen molar-refractivity contribution in [1.82, 2.24) is 5.32 Å². The van der Waals surface area contributed by atoms with Crippen LogP contribution in [0.3, 0.4) is 0 Å². The summed E-state index contributed by atoms with van der Waals surface area (Å²) in [6.07, 6.45) is 1.00. The minimum Gasteiger partial charge on any atom is -0.379 e. The van der Waals surface area contributed by atoms with E-state index in [2.05, 4.69) is 12.2 Å². The monoisotopic (exact) mass is 261 g/mol. The van der Waals surface area contributed by atoms with E-state index in [4.69, 9.17) is 4.74 Å². The lowest BCUT2D eigenvalue weighted by atomic mass is 9.99. The van der Waals surface area contributed by atoms with Crippen molar-refractivity contribution in [1.29, 1.82) is 0 Å². The Morgan fingerprint density at radius 2 is 1.89 bits per heavy atom. The summed E-state index contributed by atoms with van der Waals surface area (Å²) in [6, 6.07) is 11.0. The molecule has 2 rings (SSSR count). The Balaban J connectivity index is 2.34. The fourth-order valence-corrected chi connectivity index (χ4v) is 2.26. The smallest absolute Gasteiger partial charge is 0.131 e. The number of likely N-dealkylation sites (N-methyl/N-ethyl adjacent to an activating group) is 1. The second kappa shape index (κ2) is 6.64. The number of hydrogen-bond donors (Lipinski definition) is 1. The standard InChI is InChI=1S/C16H20FNO/c1-3-10-19-11-16(18-2)14-8-9-15(17)13-7-5-4-6-12(13)14/h4-9,16,18H,3,10-11H2,1-2H3. The zero-order chi connectivity index (χ0) is 13.7. The van der Waals surface area contributed by atoms with Crippen LogP contribution in [0.25, 0.3) is 10.8 Å². The van der Waals surface area contributed by atoms with Gasteiger partial charge in [-0.1, -0.05) is 37.3 Å². The lowest BCUT2D eigenvalue weighted by Crippen LogP contribution is -2.22. The van der Waals surface area contributed by atoms with Crippen LogP contribution >= 0.6 is 0 Å². The summed E-state index contributed by atoms with van der Waals surface area (Å²) in [6.45, 7) is 3.43. The van der Waals surface area contributed by atoms with Crippen molar-refractivity contribution >= 4 is 10.8 Å². The first-order valence-corrected chi connectivity index (χ1v) is 6.70. The van der Waals surface area contributed by atoms with E-state index in [-0.39, 0.29) is 11.9 Å². The summed E-state index contributed by atoms with van der Waals surface area (Å²) in [5.74, 6) is -0.177. The molecular formula is C16H20FNO. The first-order chi connectivity index (χ1) is 9.27. The van der Waals surface area contributed by atoms with Crippen LogP contribution < -0.4 is 5.32 Å². The number of rotatable bonds is 6. The molecule has 102 valence electrons. The van der Waals surface area contributed by atoms with Gasteiger partial charge in [0.2, 0.25) is 0 Å². The third-order valence-electron chi connectivity index (χ3n) is 3.26. The average Bonchev–Trinajstić information content (AvgIpc) is 2.45. The first kappa shape index (κ1) is 14.0. The van der Waals surface area contributed by atoms with Gasteiger partial charge in [-0.3, -0.25) is 0 Å². The lowest BCUT2D eigenvalue weighted by Gasteiger charge is -2.19. The Bertz CT molecular complexity index is 541. The first-order valence-electron chi connectivity index (χ1n) is 6.70. The summed E-state index contributed by atoms with van der Waals surface area (Å²) in [5.41, 5.74) is 1.08. The van der Waals surface area contributed by atoms with Crippen molar-refractivity contribution in [2.24, 2.45) is 0 Å². The number of ether oxygens (including phenoxy) is 1. The van der Waals surface area contributed by atoms with Crippen LogP contribution in [-0.4, -0.2) is 20.3 Å². The van der Waals surface area contributed by atoms with Crippen LogP contribution in [0, 0.1) is 5.82 Å². The molecule has 19 heavy (non-hydrogen) atoms. The minimum absolute atomic E-state index is 0.0806. The molecule has 0 saturated heterocycles. The highest BCUT2D eigenvalue weighted by Crippen LogP contribution is 2.26. The normalized spacial score (nSPS) is 12.8. The molecular weight excluding hydrogens is 241 g/mol. The summed E-state index contributed by atoms with van der Waals surface area (Å²) < 4.78 is 19.4. The van der Waals surface area contributed by atoms with E-state index in [1.165, 1.54) is 6.07 Å². The van der Waals surface area contributed by atoms with Crippen molar-refractivity contribution < 1.29 is 9.13 Å². The number of hydrogen-bond acceptors (Lipinski definition) is 2. The molecule has 2 aromatic rings. The molecule has 0 radical (unpaired) electrons. The molecule has 0 aliphatic carbocycles. The molecule has 2 nitrogen and oxygen atoms in total. The van der Waals surface area contributed by atoms with Crippen LogP contribution in [0.4, 0.5) is 4.39 Å². The van der Waals surface area contributed by atoms with Crippen molar-refractivity contribution in [2.45, 2.75) is 19.4 Å². The highest BCUT2D eigenvalue weighted by atomic mass is 19.1. The maximum absolute atomic E-state index is 13.8. The van der Waals surface area contributed by atoms with Gasteiger partial charge in [-0.15, -0.1) is 0 Å². The van der Waals surface area contributed by atoms with Gasteiger partial charge >= 0.3 is 0 Å². The SMILES string of the molecule is CCCOCC(NC)c1ccc(F)c2ccccc12. The van der Waals surface area contributed by atoms with Gasteiger partial charge in [-0.25, -0.2) is 4.39 Å². The molecule has 1 N–H and O–H groups in total. The summed E-state index contributed by atoms with van der Waals surface area (Å²) in [4.78, 5) is 0. The minimum atomic E-state index is -0.177. The molecule has 1 unspecified atom stereocenters. The number of benzene rings is 2. The zero-order valence-electron chi connectivity index (χ0n) is 11.4. The van der Waals surface area contributed by atoms with Gasteiger partial charge in [0, 0.05) is 12.0 Å². The molecule has 0 saturated carbocycles. The fourth-order valence-electron chi connectivity index (χ4n) is 2.26. The number of halogens is 1. The topological polar surface area (TPSA) is 21.3 Å². The predicted molar refractivity (Wildman–Crippen MR) is 76.8 cm³/mol. The molecule has 0 aliphatic heterocycles. The molecule has 0 aliphatic rings. The molecule has 0 heterocycles. The van der Waals surface area contributed by atoms with Gasteiger partial charge in [-0.2, -0.15) is 0 Å². The Morgan fingerprint density at radius 1 is 1.16 bits per heavy atom. The quantitative estimate of drug-likeness (QED) is 0.801. The third-order valence-corrected chi connectivity index (χ3v) is 3.26. The summed E-state index contributed by atoms with van der Waals surface area (Å²) >= 11 is 0. The second-order valence-electron chi connectivity index (χ2n) is 4.60. The van der Waals surface area contributed by atoms with Crippen LogP contribution in [0.5, 0.6) is 0 Å². The maximum atomic E-state index is 13.8. The highest BCUT2D eigenvalue weighted by Gasteiger charge is 2.14. The van der Waals surface area contributed by atoms with Gasteiger partial charge in [0.05, 0.1) is 12.6 Å². The van der Waals surface area contributed by atoms with E-state index in [0.717, 1.165) is 24.0 Å². The Kier molecular flexibility index (Phi) is 4.88. The van der Waals surface area contributed by atoms with E-state index in [1.807, 2.05) is 37.4 Å². The van der Waals surface area contributed by atoms with Gasteiger partial charge in [-0.05, 0) is 30.5 Å². The van der Waals surface area contributed by atoms with Crippen LogP contribution in [0.2, 0.25) is 0 Å². The van der Waals surface area contributed by atoms with E-state index in [9.17, 15) is 4.39 Å². The largest absolute Gasteiger partial charge is 0.379 e. The van der Waals surface area contributed by atoms with Crippen LogP contribution in [0.1, 0.15) is 24.9 Å². The Morgan fingerprint density at radius 3 is 2.58 bits per heavy atom. The van der Waals surface area contributed by atoms with E-state index in [1.54, 1.807) is 0 Å². The van der Waals surface area contributed by atoms with E-state index in [0.29, 0.717) is 12.0 Å². The van der Waals surface area contributed by atoms with Crippen molar-refractivity contribution in [2.75, 3.05) is 20.3 Å². The number of nitrogens with one attached hydrogen (secondary N) is 1. The molecule has 0 aromatic heterocycles. The van der Waals surface area contributed by atoms with Crippen molar-refractivity contribution in [3.63, 3.8) is 0 Å². The molecule has 0 fully saturated rings. The zero-order valence-corrected chi connectivity index (χ0v) is 11.4. The third kappa shape index (κ3) is 3.11. The van der Waals surface area contributed by atoms with E-state index < -0.39 is 0 Å². The molecule has 1 atom stereocenters. The molecule has 0 spiro atoms. The van der Waals surface area contributed by atoms with Crippen molar-refractivity contribution in [3.05, 3.63) is 47.8 Å². The van der Waals surface area contributed by atoms with Gasteiger partial charge in [0.25, 0.3) is 0 Å². The Hall–Kier alpha value is -1.45. The van der Waals surface area contributed by atoms with Crippen LogP contribution in [0.15, 0.2) is 36.4 Å². The van der Waals surface area contributed by atoms with Gasteiger partial charge < -0.3 is 10.1 Å². The molecule has 0 amide bonds. The van der Waals surface area contributed by atoms with Crippen LogP contribution in [-0.2, 0) is 4.74 Å². The molecule has 0 bridgehead atoms.